The first-order chi connectivity index (χ1) is 7.49. The van der Waals surface area contributed by atoms with Crippen molar-refractivity contribution in [3.05, 3.63) is 18.0 Å². The maximum absolute atomic E-state index is 10.9. The van der Waals surface area contributed by atoms with E-state index in [1.165, 1.54) is 6.42 Å². The molecule has 3 nitrogen and oxygen atoms in total. The molecule has 1 aromatic heterocycles. The van der Waals surface area contributed by atoms with Crippen LogP contribution in [0.25, 0.3) is 0 Å². The van der Waals surface area contributed by atoms with Gasteiger partial charge in [-0.05, 0) is 25.2 Å². The summed E-state index contributed by atoms with van der Waals surface area (Å²) in [6, 6.07) is 0. The summed E-state index contributed by atoms with van der Waals surface area (Å²) in [5.41, 5.74) is 0.241. The van der Waals surface area contributed by atoms with Gasteiger partial charge in [-0.1, -0.05) is 26.7 Å². The average molecular weight is 222 g/mol. The molecule has 3 heteroatoms. The van der Waals surface area contributed by atoms with Crippen molar-refractivity contribution in [3.63, 3.8) is 0 Å². The van der Waals surface area contributed by atoms with E-state index in [4.69, 9.17) is 0 Å². The lowest BCUT2D eigenvalue weighted by Gasteiger charge is -2.46. The van der Waals surface area contributed by atoms with Crippen LogP contribution in [0.3, 0.4) is 0 Å². The van der Waals surface area contributed by atoms with Crippen molar-refractivity contribution in [3.8, 4) is 0 Å². The van der Waals surface area contributed by atoms with Crippen molar-refractivity contribution in [1.82, 2.24) is 9.78 Å². The first-order valence-corrected chi connectivity index (χ1v) is 6.25. The Morgan fingerprint density at radius 3 is 2.62 bits per heavy atom. The van der Waals surface area contributed by atoms with Crippen molar-refractivity contribution in [2.45, 2.75) is 58.6 Å². The summed E-state index contributed by atoms with van der Waals surface area (Å²) >= 11 is 0. The van der Waals surface area contributed by atoms with Crippen molar-refractivity contribution in [2.75, 3.05) is 0 Å². The van der Waals surface area contributed by atoms with Crippen LogP contribution >= 0.6 is 0 Å². The minimum absolute atomic E-state index is 0.0488. The minimum atomic E-state index is -0.696. The third kappa shape index (κ3) is 1.67. The predicted molar refractivity (Wildman–Crippen MR) is 64.0 cm³/mol. The molecule has 0 aliphatic heterocycles. The van der Waals surface area contributed by atoms with E-state index in [-0.39, 0.29) is 5.41 Å². The van der Waals surface area contributed by atoms with E-state index in [2.05, 4.69) is 25.9 Å². The lowest BCUT2D eigenvalue weighted by molar-refractivity contribution is -0.104. The largest absolute Gasteiger partial charge is 0.384 e. The second kappa shape index (κ2) is 3.88. The molecular weight excluding hydrogens is 200 g/mol. The van der Waals surface area contributed by atoms with Crippen molar-refractivity contribution < 1.29 is 5.11 Å². The second-order valence-corrected chi connectivity index (χ2v) is 5.54. The number of aryl methyl sites for hydroxylation is 1. The minimum Gasteiger partial charge on any atom is -0.384 e. The van der Waals surface area contributed by atoms with Crippen LogP contribution in [0.1, 0.15) is 52.0 Å². The highest BCUT2D eigenvalue weighted by Gasteiger charge is 2.46. The van der Waals surface area contributed by atoms with E-state index in [0.717, 1.165) is 31.4 Å². The Hall–Kier alpha value is -0.830. The van der Waals surface area contributed by atoms with E-state index in [1.807, 2.05) is 17.1 Å². The van der Waals surface area contributed by atoms with Gasteiger partial charge in [-0.25, -0.2) is 0 Å². The summed E-state index contributed by atoms with van der Waals surface area (Å²) in [5, 5.41) is 15.2. The zero-order chi connectivity index (χ0) is 11.8. The molecule has 1 N–H and O–H groups in total. The molecule has 2 rings (SSSR count). The average Bonchev–Trinajstić information content (AvgIpc) is 2.71. The summed E-state index contributed by atoms with van der Waals surface area (Å²) in [6.07, 6.45) is 8.09. The molecule has 16 heavy (non-hydrogen) atoms. The standard InChI is InChI=1S/C13H22N2O/c1-4-15-10-11(9-14-15)13(16)8-6-5-7-12(13,2)3/h9-10,16H,4-8H2,1-3H3. The van der Waals surface area contributed by atoms with Crippen LogP contribution in [0.2, 0.25) is 0 Å². The van der Waals surface area contributed by atoms with Crippen LogP contribution in [0.4, 0.5) is 0 Å². The molecule has 0 radical (unpaired) electrons. The normalized spacial score (nSPS) is 29.2. The number of aromatic nitrogens is 2. The van der Waals surface area contributed by atoms with Gasteiger partial charge in [-0.2, -0.15) is 5.10 Å². The van der Waals surface area contributed by atoms with Gasteiger partial charge >= 0.3 is 0 Å². The molecule has 1 aromatic rings. The van der Waals surface area contributed by atoms with Gasteiger partial charge in [-0.15, -0.1) is 0 Å². The van der Waals surface area contributed by atoms with Crippen LogP contribution in [0, 0.1) is 5.41 Å². The highest BCUT2D eigenvalue weighted by molar-refractivity contribution is 5.20. The molecule has 90 valence electrons. The highest BCUT2D eigenvalue weighted by atomic mass is 16.3. The Labute approximate surface area is 97.5 Å². The molecule has 1 fully saturated rings. The van der Waals surface area contributed by atoms with E-state index < -0.39 is 5.60 Å². The van der Waals surface area contributed by atoms with Crippen LogP contribution in [-0.2, 0) is 12.1 Å². The fourth-order valence-electron chi connectivity index (χ4n) is 2.78. The van der Waals surface area contributed by atoms with Gasteiger partial charge in [-0.3, -0.25) is 4.68 Å². The van der Waals surface area contributed by atoms with Gasteiger partial charge in [0.25, 0.3) is 0 Å². The molecule has 0 amide bonds. The maximum atomic E-state index is 10.9. The summed E-state index contributed by atoms with van der Waals surface area (Å²) in [5.74, 6) is 0. The molecule has 1 aliphatic carbocycles. The Balaban J connectivity index is 2.35. The Morgan fingerprint density at radius 1 is 1.38 bits per heavy atom. The van der Waals surface area contributed by atoms with Crippen LogP contribution in [-0.4, -0.2) is 14.9 Å². The molecule has 1 heterocycles. The van der Waals surface area contributed by atoms with Gasteiger partial charge in [0.15, 0.2) is 0 Å². The van der Waals surface area contributed by atoms with Crippen LogP contribution in [0.5, 0.6) is 0 Å². The predicted octanol–water partition coefficient (Wildman–Crippen LogP) is 2.69. The molecule has 0 bridgehead atoms. The molecule has 1 saturated carbocycles. The number of hydrogen-bond acceptors (Lipinski definition) is 2. The van der Waals surface area contributed by atoms with Crippen molar-refractivity contribution >= 4 is 0 Å². The van der Waals surface area contributed by atoms with Gasteiger partial charge in [0.05, 0.1) is 11.8 Å². The van der Waals surface area contributed by atoms with Crippen LogP contribution in [0.15, 0.2) is 12.4 Å². The van der Waals surface area contributed by atoms with E-state index in [0.29, 0.717) is 0 Å². The van der Waals surface area contributed by atoms with Crippen molar-refractivity contribution in [2.24, 2.45) is 5.41 Å². The summed E-state index contributed by atoms with van der Waals surface area (Å²) in [4.78, 5) is 0. The van der Waals surface area contributed by atoms with Gasteiger partial charge in [0, 0.05) is 18.3 Å². The Bertz CT molecular complexity index is 370. The lowest BCUT2D eigenvalue weighted by Crippen LogP contribution is -2.44. The highest BCUT2D eigenvalue weighted by Crippen LogP contribution is 2.49. The van der Waals surface area contributed by atoms with E-state index in [1.54, 1.807) is 0 Å². The molecule has 0 saturated heterocycles. The number of rotatable bonds is 2. The Morgan fingerprint density at radius 2 is 2.06 bits per heavy atom. The van der Waals surface area contributed by atoms with Gasteiger partial charge in [0.2, 0.25) is 0 Å². The summed E-state index contributed by atoms with van der Waals surface area (Å²) in [6.45, 7) is 7.24. The fraction of sp³-hybridized carbons (Fsp3) is 0.769. The third-order valence-corrected chi connectivity index (χ3v) is 4.14. The van der Waals surface area contributed by atoms with Gasteiger partial charge in [0.1, 0.15) is 0 Å². The zero-order valence-electron chi connectivity index (χ0n) is 10.5. The second-order valence-electron chi connectivity index (χ2n) is 5.54. The zero-order valence-corrected chi connectivity index (χ0v) is 10.5. The third-order valence-electron chi connectivity index (χ3n) is 4.14. The topological polar surface area (TPSA) is 38.0 Å². The summed E-state index contributed by atoms with van der Waals surface area (Å²) in [7, 11) is 0. The molecule has 1 aliphatic rings. The van der Waals surface area contributed by atoms with E-state index >= 15 is 0 Å². The first kappa shape index (κ1) is 11.6. The molecule has 1 unspecified atom stereocenters. The van der Waals surface area contributed by atoms with Gasteiger partial charge < -0.3 is 5.11 Å². The molecule has 0 spiro atoms. The number of aliphatic hydroxyl groups is 1. The Kier molecular flexibility index (Phi) is 2.82. The molecule has 1 atom stereocenters. The molecular formula is C13H22N2O. The number of hydrogen-bond donors (Lipinski definition) is 1. The fourth-order valence-corrected chi connectivity index (χ4v) is 2.78. The first-order valence-electron chi connectivity index (χ1n) is 6.25. The smallest absolute Gasteiger partial charge is 0.0977 e. The van der Waals surface area contributed by atoms with E-state index in [9.17, 15) is 5.11 Å². The summed E-state index contributed by atoms with van der Waals surface area (Å²) < 4.78 is 1.89. The quantitative estimate of drug-likeness (QED) is 0.835. The lowest BCUT2D eigenvalue weighted by atomic mass is 9.63. The monoisotopic (exact) mass is 222 g/mol. The number of nitrogens with zero attached hydrogens (tertiary/aromatic N) is 2. The maximum Gasteiger partial charge on any atom is 0.0977 e. The van der Waals surface area contributed by atoms with Crippen LogP contribution < -0.4 is 0 Å². The SMILES string of the molecule is CCn1cc(C2(O)CCCCC2(C)C)cn1. The molecule has 0 aromatic carbocycles. The van der Waals surface area contributed by atoms with Crippen molar-refractivity contribution in [1.29, 1.82) is 0 Å².